The average molecular weight is 281 g/mol. The molecule has 3 amide bonds. The predicted molar refractivity (Wildman–Crippen MR) is 65.1 cm³/mol. The quantitative estimate of drug-likeness (QED) is 0.836. The van der Waals surface area contributed by atoms with Gasteiger partial charge in [-0.1, -0.05) is 11.6 Å². The Morgan fingerprint density at radius 3 is 2.69 bits per heavy atom. The van der Waals surface area contributed by atoms with Crippen molar-refractivity contribution < 1.29 is 9.59 Å². The van der Waals surface area contributed by atoms with E-state index in [1.807, 2.05) is 6.07 Å². The van der Waals surface area contributed by atoms with Crippen molar-refractivity contribution in [2.45, 2.75) is 13.0 Å². The SMILES string of the molecule is CC(NC(=O)NC(=O)CCl)c1ccc(Cl)s1. The summed E-state index contributed by atoms with van der Waals surface area (Å²) >= 11 is 12.4. The largest absolute Gasteiger partial charge is 0.330 e. The van der Waals surface area contributed by atoms with Crippen molar-refractivity contribution >= 4 is 46.5 Å². The molecule has 88 valence electrons. The lowest BCUT2D eigenvalue weighted by atomic mass is 10.3. The number of carbonyl (C=O) groups excluding carboxylic acids is 2. The number of urea groups is 1. The molecule has 0 radical (unpaired) electrons. The Labute approximate surface area is 107 Å². The van der Waals surface area contributed by atoms with Crippen LogP contribution in [0.3, 0.4) is 0 Å². The summed E-state index contributed by atoms with van der Waals surface area (Å²) in [6.07, 6.45) is 0. The van der Waals surface area contributed by atoms with Crippen molar-refractivity contribution in [2.75, 3.05) is 5.88 Å². The zero-order chi connectivity index (χ0) is 12.1. The van der Waals surface area contributed by atoms with Crippen molar-refractivity contribution in [1.29, 1.82) is 0 Å². The minimum Gasteiger partial charge on any atom is -0.330 e. The van der Waals surface area contributed by atoms with Gasteiger partial charge in [-0.25, -0.2) is 4.79 Å². The van der Waals surface area contributed by atoms with Crippen LogP contribution in [0.5, 0.6) is 0 Å². The molecular weight excluding hydrogens is 271 g/mol. The highest BCUT2D eigenvalue weighted by Gasteiger charge is 2.12. The van der Waals surface area contributed by atoms with Crippen molar-refractivity contribution in [2.24, 2.45) is 0 Å². The third-order valence-corrected chi connectivity index (χ3v) is 3.40. The molecule has 1 unspecified atom stereocenters. The molecule has 0 aromatic carbocycles. The van der Waals surface area contributed by atoms with Gasteiger partial charge in [0.05, 0.1) is 10.4 Å². The number of thiophene rings is 1. The van der Waals surface area contributed by atoms with Gasteiger partial charge in [-0.15, -0.1) is 22.9 Å². The summed E-state index contributed by atoms with van der Waals surface area (Å²) in [6, 6.07) is 2.80. The summed E-state index contributed by atoms with van der Waals surface area (Å²) in [4.78, 5) is 23.0. The van der Waals surface area contributed by atoms with Gasteiger partial charge < -0.3 is 5.32 Å². The van der Waals surface area contributed by atoms with Gasteiger partial charge in [0.2, 0.25) is 5.91 Å². The molecule has 0 aliphatic carbocycles. The van der Waals surface area contributed by atoms with Gasteiger partial charge in [0.25, 0.3) is 0 Å². The molecule has 1 aromatic heterocycles. The van der Waals surface area contributed by atoms with E-state index in [-0.39, 0.29) is 11.9 Å². The fraction of sp³-hybridized carbons (Fsp3) is 0.333. The number of hydrogen-bond acceptors (Lipinski definition) is 3. The molecule has 2 N–H and O–H groups in total. The number of carbonyl (C=O) groups is 2. The number of imide groups is 1. The highest BCUT2D eigenvalue weighted by molar-refractivity contribution is 7.16. The summed E-state index contributed by atoms with van der Waals surface area (Å²) in [5, 5.41) is 4.68. The van der Waals surface area contributed by atoms with E-state index in [0.717, 1.165) is 4.88 Å². The van der Waals surface area contributed by atoms with Crippen LogP contribution in [0.1, 0.15) is 17.8 Å². The number of alkyl halides is 1. The number of hydrogen-bond donors (Lipinski definition) is 2. The minimum atomic E-state index is -0.567. The van der Waals surface area contributed by atoms with E-state index in [0.29, 0.717) is 4.34 Å². The lowest BCUT2D eigenvalue weighted by molar-refractivity contribution is -0.117. The van der Waals surface area contributed by atoms with Crippen LogP contribution in [0, 0.1) is 0 Å². The third kappa shape index (κ3) is 4.00. The summed E-state index contributed by atoms with van der Waals surface area (Å²) in [5.41, 5.74) is 0. The number of halogens is 2. The Morgan fingerprint density at radius 1 is 1.50 bits per heavy atom. The topological polar surface area (TPSA) is 58.2 Å². The van der Waals surface area contributed by atoms with Crippen LogP contribution >= 0.6 is 34.5 Å². The number of rotatable bonds is 3. The monoisotopic (exact) mass is 280 g/mol. The molecule has 0 aliphatic heterocycles. The summed E-state index contributed by atoms with van der Waals surface area (Å²) in [5.74, 6) is -0.775. The number of nitrogens with one attached hydrogen (secondary N) is 2. The van der Waals surface area contributed by atoms with Crippen LogP contribution in [0.15, 0.2) is 12.1 Å². The Balaban J connectivity index is 2.48. The van der Waals surface area contributed by atoms with Gasteiger partial charge in [-0.2, -0.15) is 0 Å². The minimum absolute atomic E-state index is 0.208. The van der Waals surface area contributed by atoms with E-state index >= 15 is 0 Å². The first kappa shape index (κ1) is 13.3. The van der Waals surface area contributed by atoms with Crippen molar-refractivity contribution in [3.8, 4) is 0 Å². The molecule has 4 nitrogen and oxygen atoms in total. The highest BCUT2D eigenvalue weighted by atomic mass is 35.5. The average Bonchev–Trinajstić information content (AvgIpc) is 2.64. The van der Waals surface area contributed by atoms with Gasteiger partial charge in [0.1, 0.15) is 5.88 Å². The van der Waals surface area contributed by atoms with Crippen LogP contribution < -0.4 is 10.6 Å². The zero-order valence-corrected chi connectivity index (χ0v) is 10.7. The molecule has 7 heteroatoms. The molecule has 0 spiro atoms. The van der Waals surface area contributed by atoms with E-state index in [9.17, 15) is 9.59 Å². The predicted octanol–water partition coefficient (Wildman–Crippen LogP) is 2.53. The van der Waals surface area contributed by atoms with E-state index in [2.05, 4.69) is 10.6 Å². The van der Waals surface area contributed by atoms with E-state index in [4.69, 9.17) is 23.2 Å². The summed E-state index contributed by atoms with van der Waals surface area (Å²) in [6.45, 7) is 1.80. The Hall–Kier alpha value is -0.780. The fourth-order valence-electron chi connectivity index (χ4n) is 1.02. The zero-order valence-electron chi connectivity index (χ0n) is 8.42. The highest BCUT2D eigenvalue weighted by Crippen LogP contribution is 2.26. The van der Waals surface area contributed by atoms with Gasteiger partial charge in [-0.3, -0.25) is 10.1 Å². The maximum Gasteiger partial charge on any atom is 0.321 e. The molecule has 0 saturated heterocycles. The van der Waals surface area contributed by atoms with E-state index in [1.54, 1.807) is 13.0 Å². The normalized spacial score (nSPS) is 11.9. The molecule has 0 saturated carbocycles. The first-order chi connectivity index (χ1) is 7.52. The Bertz CT molecular complexity index is 395. The van der Waals surface area contributed by atoms with Gasteiger partial charge in [-0.05, 0) is 19.1 Å². The van der Waals surface area contributed by atoms with Crippen LogP contribution in [0.2, 0.25) is 4.34 Å². The molecule has 1 atom stereocenters. The molecule has 1 rings (SSSR count). The third-order valence-electron chi connectivity index (χ3n) is 1.74. The molecule has 1 aromatic rings. The summed E-state index contributed by atoms with van der Waals surface area (Å²) < 4.78 is 0.654. The fourth-order valence-corrected chi connectivity index (χ4v) is 2.16. The molecule has 0 bridgehead atoms. The lowest BCUT2D eigenvalue weighted by Crippen LogP contribution is -2.40. The first-order valence-corrected chi connectivity index (χ1v) is 6.17. The van der Waals surface area contributed by atoms with Gasteiger partial charge >= 0.3 is 6.03 Å². The molecule has 0 fully saturated rings. The van der Waals surface area contributed by atoms with E-state index < -0.39 is 11.9 Å². The summed E-state index contributed by atoms with van der Waals surface area (Å²) in [7, 11) is 0. The van der Waals surface area contributed by atoms with Crippen molar-refractivity contribution in [3.63, 3.8) is 0 Å². The van der Waals surface area contributed by atoms with Gasteiger partial charge in [0, 0.05) is 4.88 Å². The van der Waals surface area contributed by atoms with Crippen molar-refractivity contribution in [3.05, 3.63) is 21.3 Å². The smallest absolute Gasteiger partial charge is 0.321 e. The maximum atomic E-state index is 11.3. The molecule has 16 heavy (non-hydrogen) atoms. The van der Waals surface area contributed by atoms with Crippen LogP contribution in [0.4, 0.5) is 4.79 Å². The van der Waals surface area contributed by atoms with E-state index in [1.165, 1.54) is 11.3 Å². The molecule has 0 aliphatic rings. The van der Waals surface area contributed by atoms with Crippen molar-refractivity contribution in [1.82, 2.24) is 10.6 Å². The standard InChI is InChI=1S/C9H10Cl2N2O2S/c1-5(6-2-3-7(11)16-6)12-9(15)13-8(14)4-10/h2-3,5H,4H2,1H3,(H2,12,13,14,15). The second-order valence-electron chi connectivity index (χ2n) is 3.02. The first-order valence-electron chi connectivity index (χ1n) is 4.44. The number of amides is 3. The molecular formula is C9H10Cl2N2O2S. The Morgan fingerprint density at radius 2 is 2.19 bits per heavy atom. The van der Waals surface area contributed by atoms with Crippen LogP contribution in [-0.4, -0.2) is 17.8 Å². The second kappa shape index (κ2) is 6.08. The molecule has 1 heterocycles. The van der Waals surface area contributed by atoms with Crippen LogP contribution in [0.25, 0.3) is 0 Å². The van der Waals surface area contributed by atoms with Gasteiger partial charge in [0.15, 0.2) is 0 Å². The maximum absolute atomic E-state index is 11.3. The second-order valence-corrected chi connectivity index (χ2v) is 5.03. The van der Waals surface area contributed by atoms with Crippen LogP contribution in [-0.2, 0) is 4.79 Å². The lowest BCUT2D eigenvalue weighted by Gasteiger charge is -2.11. The Kier molecular flexibility index (Phi) is 5.05.